The van der Waals surface area contributed by atoms with Gasteiger partial charge in [-0.2, -0.15) is 0 Å². The van der Waals surface area contributed by atoms with Crippen LogP contribution in [0.2, 0.25) is 0 Å². The van der Waals surface area contributed by atoms with Gasteiger partial charge >= 0.3 is 0 Å². The van der Waals surface area contributed by atoms with E-state index < -0.39 is 0 Å². The van der Waals surface area contributed by atoms with Crippen LogP contribution in [0.25, 0.3) is 0 Å². The first-order chi connectivity index (χ1) is 9.24. The minimum absolute atomic E-state index is 0.605. The summed E-state index contributed by atoms with van der Waals surface area (Å²) in [5.74, 6) is 0.859. The molecule has 19 heavy (non-hydrogen) atoms. The smallest absolute Gasteiger partial charge is 0.0416 e. The Morgan fingerprint density at radius 2 is 2.21 bits per heavy atom. The topological polar surface area (TPSA) is 15.3 Å². The number of hydrogen-bond donors (Lipinski definition) is 1. The van der Waals surface area contributed by atoms with E-state index in [2.05, 4.69) is 36.2 Å². The molecule has 1 aromatic heterocycles. The largest absolute Gasteiger partial charge is 0.316 e. The van der Waals surface area contributed by atoms with Gasteiger partial charge in [-0.15, -0.1) is 11.3 Å². The van der Waals surface area contributed by atoms with Gasteiger partial charge in [-0.25, -0.2) is 0 Å². The Balaban J connectivity index is 1.66. The van der Waals surface area contributed by atoms with Gasteiger partial charge in [0.15, 0.2) is 0 Å². The first kappa shape index (κ1) is 13.6. The molecular formula is C16H26N2S. The maximum Gasteiger partial charge on any atom is 0.0416 e. The molecule has 0 spiro atoms. The van der Waals surface area contributed by atoms with Gasteiger partial charge in [-0.1, -0.05) is 0 Å². The third-order valence-electron chi connectivity index (χ3n) is 4.55. The summed E-state index contributed by atoms with van der Waals surface area (Å²) in [4.78, 5) is 5.77. The zero-order valence-electron chi connectivity index (χ0n) is 12.2. The van der Waals surface area contributed by atoms with Gasteiger partial charge in [-0.05, 0) is 70.7 Å². The number of aryl methyl sites for hydroxylation is 1. The molecule has 2 aliphatic rings. The average Bonchev–Trinajstić information content (AvgIpc) is 3.18. The Morgan fingerprint density at radius 3 is 2.79 bits per heavy atom. The van der Waals surface area contributed by atoms with Crippen LogP contribution in [0.1, 0.15) is 48.4 Å². The van der Waals surface area contributed by atoms with Crippen molar-refractivity contribution in [1.29, 1.82) is 0 Å². The minimum Gasteiger partial charge on any atom is -0.316 e. The van der Waals surface area contributed by atoms with E-state index in [1.54, 1.807) is 4.88 Å². The number of nitrogens with zero attached hydrogens (tertiary/aromatic N) is 1. The molecule has 106 valence electrons. The lowest BCUT2D eigenvalue weighted by Crippen LogP contribution is -2.40. The van der Waals surface area contributed by atoms with E-state index in [9.17, 15) is 0 Å². The second-order valence-corrected chi connectivity index (χ2v) is 7.58. The number of rotatable bonds is 5. The van der Waals surface area contributed by atoms with E-state index in [0.717, 1.165) is 12.0 Å². The van der Waals surface area contributed by atoms with E-state index in [1.807, 2.05) is 11.3 Å². The highest BCUT2D eigenvalue weighted by Gasteiger charge is 2.34. The summed E-state index contributed by atoms with van der Waals surface area (Å²) in [6, 6.07) is 6.07. The number of nitrogens with one attached hydrogen (secondary N) is 1. The molecule has 1 aromatic rings. The Hall–Kier alpha value is -0.380. The molecule has 1 aliphatic heterocycles. The van der Waals surface area contributed by atoms with Crippen LogP contribution < -0.4 is 5.32 Å². The summed E-state index contributed by atoms with van der Waals surface area (Å²) in [7, 11) is 0. The fourth-order valence-electron chi connectivity index (χ4n) is 3.25. The SMILES string of the molecule is Cc1ccc(C(C)N(CC2CCCNC2)C2CC2)s1. The molecule has 0 amide bonds. The lowest BCUT2D eigenvalue weighted by atomic mass is 9.98. The van der Waals surface area contributed by atoms with Crippen LogP contribution in [-0.2, 0) is 0 Å². The molecule has 2 atom stereocenters. The molecular weight excluding hydrogens is 252 g/mol. The van der Waals surface area contributed by atoms with E-state index in [-0.39, 0.29) is 0 Å². The van der Waals surface area contributed by atoms with Crippen LogP contribution in [-0.4, -0.2) is 30.6 Å². The Labute approximate surface area is 121 Å². The van der Waals surface area contributed by atoms with Crippen molar-refractivity contribution in [2.45, 2.75) is 51.6 Å². The summed E-state index contributed by atoms with van der Waals surface area (Å²) < 4.78 is 0. The normalized spacial score (nSPS) is 25.7. The van der Waals surface area contributed by atoms with Gasteiger partial charge in [-0.3, -0.25) is 4.90 Å². The van der Waals surface area contributed by atoms with Crippen LogP contribution in [0.5, 0.6) is 0 Å². The fraction of sp³-hybridized carbons (Fsp3) is 0.750. The maximum absolute atomic E-state index is 3.56. The average molecular weight is 278 g/mol. The molecule has 1 N–H and O–H groups in total. The molecule has 2 heterocycles. The van der Waals surface area contributed by atoms with Crippen LogP contribution in [0.15, 0.2) is 12.1 Å². The zero-order valence-corrected chi connectivity index (χ0v) is 13.0. The summed E-state index contributed by atoms with van der Waals surface area (Å²) in [5, 5.41) is 3.56. The lowest BCUT2D eigenvalue weighted by molar-refractivity contribution is 0.156. The van der Waals surface area contributed by atoms with Crippen molar-refractivity contribution in [2.75, 3.05) is 19.6 Å². The zero-order chi connectivity index (χ0) is 13.2. The van der Waals surface area contributed by atoms with Crippen molar-refractivity contribution in [3.63, 3.8) is 0 Å². The van der Waals surface area contributed by atoms with E-state index in [1.165, 1.54) is 50.2 Å². The first-order valence-corrected chi connectivity index (χ1v) is 8.58. The van der Waals surface area contributed by atoms with Crippen LogP contribution in [0, 0.1) is 12.8 Å². The highest BCUT2D eigenvalue weighted by atomic mass is 32.1. The molecule has 1 aliphatic carbocycles. The third-order valence-corrected chi connectivity index (χ3v) is 5.73. The molecule has 3 rings (SSSR count). The lowest BCUT2D eigenvalue weighted by Gasteiger charge is -2.34. The molecule has 0 radical (unpaired) electrons. The molecule has 0 aromatic carbocycles. The van der Waals surface area contributed by atoms with Crippen molar-refractivity contribution in [3.05, 3.63) is 21.9 Å². The summed E-state index contributed by atoms with van der Waals surface area (Å²) in [6.45, 7) is 8.35. The van der Waals surface area contributed by atoms with Crippen molar-refractivity contribution in [1.82, 2.24) is 10.2 Å². The number of thiophene rings is 1. The Bertz CT molecular complexity index is 405. The summed E-state index contributed by atoms with van der Waals surface area (Å²) in [6.07, 6.45) is 5.59. The molecule has 0 bridgehead atoms. The van der Waals surface area contributed by atoms with Crippen molar-refractivity contribution in [2.24, 2.45) is 5.92 Å². The second-order valence-electron chi connectivity index (χ2n) is 6.26. The number of piperidine rings is 1. The van der Waals surface area contributed by atoms with Gasteiger partial charge < -0.3 is 5.32 Å². The van der Waals surface area contributed by atoms with E-state index in [4.69, 9.17) is 0 Å². The summed E-state index contributed by atoms with van der Waals surface area (Å²) >= 11 is 1.97. The van der Waals surface area contributed by atoms with Crippen molar-refractivity contribution in [3.8, 4) is 0 Å². The molecule has 3 heteroatoms. The highest BCUT2D eigenvalue weighted by Crippen LogP contribution is 2.37. The second kappa shape index (κ2) is 5.94. The Kier molecular flexibility index (Phi) is 4.25. The quantitative estimate of drug-likeness (QED) is 0.885. The first-order valence-electron chi connectivity index (χ1n) is 7.77. The minimum atomic E-state index is 0.605. The Morgan fingerprint density at radius 1 is 1.37 bits per heavy atom. The van der Waals surface area contributed by atoms with Crippen molar-refractivity contribution < 1.29 is 0 Å². The van der Waals surface area contributed by atoms with Gasteiger partial charge in [0, 0.05) is 28.4 Å². The van der Waals surface area contributed by atoms with Gasteiger partial charge in [0.25, 0.3) is 0 Å². The predicted molar refractivity (Wildman–Crippen MR) is 82.8 cm³/mol. The molecule has 1 saturated heterocycles. The summed E-state index contributed by atoms with van der Waals surface area (Å²) in [5.41, 5.74) is 0. The highest BCUT2D eigenvalue weighted by molar-refractivity contribution is 7.12. The van der Waals surface area contributed by atoms with Gasteiger partial charge in [0.05, 0.1) is 0 Å². The monoisotopic (exact) mass is 278 g/mol. The van der Waals surface area contributed by atoms with Gasteiger partial charge in [0.1, 0.15) is 0 Å². The standard InChI is InChI=1S/C16H26N2S/c1-12-5-8-16(19-12)13(2)18(15-6-7-15)11-14-4-3-9-17-10-14/h5,8,13-15,17H,3-4,6-7,9-11H2,1-2H3. The van der Waals surface area contributed by atoms with Crippen molar-refractivity contribution >= 4 is 11.3 Å². The fourth-order valence-corrected chi connectivity index (χ4v) is 4.20. The maximum atomic E-state index is 3.56. The number of hydrogen-bond acceptors (Lipinski definition) is 3. The van der Waals surface area contributed by atoms with Gasteiger partial charge in [0.2, 0.25) is 0 Å². The van der Waals surface area contributed by atoms with Crippen LogP contribution in [0.4, 0.5) is 0 Å². The molecule has 1 saturated carbocycles. The van der Waals surface area contributed by atoms with E-state index >= 15 is 0 Å². The van der Waals surface area contributed by atoms with Crippen LogP contribution in [0.3, 0.4) is 0 Å². The predicted octanol–water partition coefficient (Wildman–Crippen LogP) is 3.58. The molecule has 2 fully saturated rings. The molecule has 2 nitrogen and oxygen atoms in total. The molecule has 2 unspecified atom stereocenters. The van der Waals surface area contributed by atoms with E-state index in [0.29, 0.717) is 6.04 Å². The van der Waals surface area contributed by atoms with Crippen LogP contribution >= 0.6 is 11.3 Å². The third kappa shape index (κ3) is 3.39.